The minimum atomic E-state index is 0.228. The van der Waals surface area contributed by atoms with E-state index in [1.165, 1.54) is 0 Å². The molecule has 0 aromatic heterocycles. The standard InChI is InChI=1S/C15H31NO2.C2H6/c1-13(2)16(11-10-15(3,4)5)14(18)9-7-6-8-12-17;1-2/h13,17H,6-12H2,1-5H3;1-2H3. The first kappa shape index (κ1) is 21.7. The van der Waals surface area contributed by atoms with E-state index >= 15 is 0 Å². The number of nitrogens with zero attached hydrogens (tertiary/aromatic N) is 1. The summed E-state index contributed by atoms with van der Waals surface area (Å²) in [6.07, 6.45) is 4.28. The Bertz CT molecular complexity index is 232. The van der Waals surface area contributed by atoms with Gasteiger partial charge in [0.2, 0.25) is 5.91 Å². The summed E-state index contributed by atoms with van der Waals surface area (Å²) in [5.41, 5.74) is 0.268. The number of hydrogen-bond donors (Lipinski definition) is 1. The van der Waals surface area contributed by atoms with Crippen molar-refractivity contribution in [1.29, 1.82) is 0 Å². The van der Waals surface area contributed by atoms with Crippen LogP contribution in [-0.2, 0) is 4.79 Å². The summed E-state index contributed by atoms with van der Waals surface area (Å²) in [4.78, 5) is 14.1. The van der Waals surface area contributed by atoms with Crippen molar-refractivity contribution in [1.82, 2.24) is 4.90 Å². The van der Waals surface area contributed by atoms with Gasteiger partial charge in [-0.25, -0.2) is 0 Å². The van der Waals surface area contributed by atoms with E-state index in [1.54, 1.807) is 0 Å². The van der Waals surface area contributed by atoms with Crippen molar-refractivity contribution in [3.63, 3.8) is 0 Å². The second-order valence-electron chi connectivity index (χ2n) is 6.53. The number of carbonyl (C=O) groups is 1. The predicted octanol–water partition coefficient (Wildman–Crippen LogP) is 4.24. The lowest BCUT2D eigenvalue weighted by Gasteiger charge is -2.30. The van der Waals surface area contributed by atoms with Crippen molar-refractivity contribution in [3.05, 3.63) is 0 Å². The molecule has 0 fully saturated rings. The third kappa shape index (κ3) is 12.5. The quantitative estimate of drug-likeness (QED) is 0.678. The summed E-state index contributed by atoms with van der Waals surface area (Å²) in [6, 6.07) is 0.276. The second kappa shape index (κ2) is 12.2. The molecule has 3 heteroatoms. The van der Waals surface area contributed by atoms with Crippen molar-refractivity contribution >= 4 is 5.91 Å². The zero-order valence-electron chi connectivity index (χ0n) is 14.8. The number of aliphatic hydroxyl groups excluding tert-OH is 1. The molecule has 3 nitrogen and oxygen atoms in total. The summed E-state index contributed by atoms with van der Waals surface area (Å²) in [7, 11) is 0. The second-order valence-corrected chi connectivity index (χ2v) is 6.53. The Morgan fingerprint density at radius 3 is 2.05 bits per heavy atom. The molecule has 0 atom stereocenters. The van der Waals surface area contributed by atoms with Crippen LogP contribution in [0.3, 0.4) is 0 Å². The minimum Gasteiger partial charge on any atom is -0.396 e. The van der Waals surface area contributed by atoms with Crippen LogP contribution in [0.15, 0.2) is 0 Å². The van der Waals surface area contributed by atoms with Crippen LogP contribution in [0.1, 0.15) is 80.6 Å². The zero-order chi connectivity index (χ0) is 16.2. The van der Waals surface area contributed by atoms with Crippen LogP contribution in [0.25, 0.3) is 0 Å². The summed E-state index contributed by atoms with van der Waals surface area (Å²) in [5, 5.41) is 8.71. The number of carbonyl (C=O) groups excluding carboxylic acids is 1. The monoisotopic (exact) mass is 287 g/mol. The van der Waals surface area contributed by atoms with Gasteiger partial charge in [0.1, 0.15) is 0 Å². The molecule has 0 aliphatic heterocycles. The predicted molar refractivity (Wildman–Crippen MR) is 87.8 cm³/mol. The Morgan fingerprint density at radius 2 is 1.65 bits per heavy atom. The molecule has 0 aromatic carbocycles. The van der Waals surface area contributed by atoms with E-state index < -0.39 is 0 Å². The number of aliphatic hydroxyl groups is 1. The van der Waals surface area contributed by atoms with Crippen molar-refractivity contribution in [3.8, 4) is 0 Å². The molecular weight excluding hydrogens is 250 g/mol. The molecule has 0 aromatic rings. The van der Waals surface area contributed by atoms with E-state index in [2.05, 4.69) is 34.6 Å². The Kier molecular flexibility index (Phi) is 13.2. The number of amides is 1. The molecule has 1 N–H and O–H groups in total. The first-order valence-corrected chi connectivity index (χ1v) is 8.18. The van der Waals surface area contributed by atoms with E-state index in [4.69, 9.17) is 5.11 Å². The minimum absolute atomic E-state index is 0.228. The van der Waals surface area contributed by atoms with Gasteiger partial charge >= 0.3 is 0 Å². The average molecular weight is 287 g/mol. The lowest BCUT2D eigenvalue weighted by atomic mass is 9.92. The van der Waals surface area contributed by atoms with Gasteiger partial charge in [0.05, 0.1) is 0 Å². The van der Waals surface area contributed by atoms with Gasteiger partial charge in [-0.1, -0.05) is 41.0 Å². The fourth-order valence-electron chi connectivity index (χ4n) is 1.84. The summed E-state index contributed by atoms with van der Waals surface area (Å²) in [5.74, 6) is 0.257. The van der Waals surface area contributed by atoms with E-state index in [0.29, 0.717) is 6.42 Å². The maximum absolute atomic E-state index is 12.1. The van der Waals surface area contributed by atoms with E-state index in [1.807, 2.05) is 18.7 Å². The third-order valence-corrected chi connectivity index (χ3v) is 3.10. The molecule has 0 radical (unpaired) electrons. The van der Waals surface area contributed by atoms with Crippen LogP contribution in [0.4, 0.5) is 0 Å². The first-order chi connectivity index (χ1) is 9.28. The summed E-state index contributed by atoms with van der Waals surface area (Å²) in [6.45, 7) is 15.8. The Hall–Kier alpha value is -0.570. The molecule has 0 aliphatic rings. The van der Waals surface area contributed by atoms with Gasteiger partial charge in [-0.2, -0.15) is 0 Å². The molecule has 0 saturated carbocycles. The van der Waals surface area contributed by atoms with E-state index in [9.17, 15) is 4.79 Å². The van der Waals surface area contributed by atoms with E-state index in [-0.39, 0.29) is 24.0 Å². The van der Waals surface area contributed by atoms with Crippen LogP contribution in [-0.4, -0.2) is 35.1 Å². The molecule has 0 bridgehead atoms. The van der Waals surface area contributed by atoms with Gasteiger partial charge in [0, 0.05) is 25.6 Å². The average Bonchev–Trinajstić information content (AvgIpc) is 2.35. The van der Waals surface area contributed by atoms with Crippen LogP contribution in [0, 0.1) is 5.41 Å². The van der Waals surface area contributed by atoms with Crippen molar-refractivity contribution in [2.45, 2.75) is 86.6 Å². The van der Waals surface area contributed by atoms with Crippen molar-refractivity contribution < 1.29 is 9.90 Å². The highest BCUT2D eigenvalue weighted by atomic mass is 16.2. The number of rotatable bonds is 8. The smallest absolute Gasteiger partial charge is 0.222 e. The largest absolute Gasteiger partial charge is 0.396 e. The zero-order valence-corrected chi connectivity index (χ0v) is 14.8. The fraction of sp³-hybridized carbons (Fsp3) is 0.941. The molecule has 0 rings (SSSR count). The summed E-state index contributed by atoms with van der Waals surface area (Å²) < 4.78 is 0. The van der Waals surface area contributed by atoms with Gasteiger partial charge < -0.3 is 10.0 Å². The topological polar surface area (TPSA) is 40.5 Å². The van der Waals surface area contributed by atoms with Gasteiger partial charge in [-0.15, -0.1) is 0 Å². The van der Waals surface area contributed by atoms with Crippen LogP contribution in [0.5, 0.6) is 0 Å². The van der Waals surface area contributed by atoms with Gasteiger partial charge in [-0.05, 0) is 38.5 Å². The Balaban J connectivity index is 0. The van der Waals surface area contributed by atoms with E-state index in [0.717, 1.165) is 32.2 Å². The molecule has 0 unspecified atom stereocenters. The van der Waals surface area contributed by atoms with Crippen molar-refractivity contribution in [2.24, 2.45) is 5.41 Å². The van der Waals surface area contributed by atoms with Gasteiger partial charge in [0.15, 0.2) is 0 Å². The molecule has 0 heterocycles. The lowest BCUT2D eigenvalue weighted by Crippen LogP contribution is -2.38. The molecule has 20 heavy (non-hydrogen) atoms. The number of unbranched alkanes of at least 4 members (excludes halogenated alkanes) is 2. The molecule has 122 valence electrons. The maximum atomic E-state index is 12.1. The van der Waals surface area contributed by atoms with Crippen LogP contribution in [0.2, 0.25) is 0 Å². The van der Waals surface area contributed by atoms with Gasteiger partial charge in [-0.3, -0.25) is 4.79 Å². The lowest BCUT2D eigenvalue weighted by molar-refractivity contribution is -0.133. The Labute approximate surface area is 126 Å². The summed E-state index contributed by atoms with van der Waals surface area (Å²) >= 11 is 0. The van der Waals surface area contributed by atoms with Crippen molar-refractivity contribution in [2.75, 3.05) is 13.2 Å². The van der Waals surface area contributed by atoms with Crippen LogP contribution < -0.4 is 0 Å². The van der Waals surface area contributed by atoms with Crippen LogP contribution >= 0.6 is 0 Å². The molecule has 0 saturated heterocycles. The van der Waals surface area contributed by atoms with Gasteiger partial charge in [0.25, 0.3) is 0 Å². The SMILES string of the molecule is CC.CC(C)N(CCC(C)(C)C)C(=O)CCCCCO. The highest BCUT2D eigenvalue weighted by Crippen LogP contribution is 2.20. The first-order valence-electron chi connectivity index (χ1n) is 8.18. The third-order valence-electron chi connectivity index (χ3n) is 3.10. The molecule has 0 spiro atoms. The molecule has 0 aliphatic carbocycles. The highest BCUT2D eigenvalue weighted by molar-refractivity contribution is 5.76. The fourth-order valence-corrected chi connectivity index (χ4v) is 1.84. The molecular formula is C17H37NO2. The highest BCUT2D eigenvalue weighted by Gasteiger charge is 2.19. The molecule has 1 amide bonds. The Morgan fingerprint density at radius 1 is 1.10 bits per heavy atom. The number of hydrogen-bond acceptors (Lipinski definition) is 2. The normalized spacial score (nSPS) is 11.1. The maximum Gasteiger partial charge on any atom is 0.222 e.